The normalized spacial score (nSPS) is 10.8. The molecular formula is C26H23FN2O3S. The van der Waals surface area contributed by atoms with Crippen molar-refractivity contribution >= 4 is 38.9 Å². The third-order valence-corrected chi connectivity index (χ3v) is 6.42. The largest absolute Gasteiger partial charge is 0.380 e. The van der Waals surface area contributed by atoms with Crippen LogP contribution in [0.3, 0.4) is 0 Å². The van der Waals surface area contributed by atoms with Gasteiger partial charge in [0.25, 0.3) is 11.8 Å². The number of nitrogens with one attached hydrogen (secondary N) is 2. The van der Waals surface area contributed by atoms with Gasteiger partial charge in [-0.1, -0.05) is 48.5 Å². The molecule has 0 radical (unpaired) electrons. The number of ether oxygens (including phenoxy) is 1. The van der Waals surface area contributed by atoms with Crippen molar-refractivity contribution in [2.45, 2.75) is 13.0 Å². The van der Waals surface area contributed by atoms with Crippen LogP contribution in [0, 0.1) is 5.82 Å². The van der Waals surface area contributed by atoms with E-state index in [1.165, 1.54) is 24.5 Å². The Morgan fingerprint density at radius 1 is 0.939 bits per heavy atom. The van der Waals surface area contributed by atoms with Gasteiger partial charge in [0.2, 0.25) is 0 Å². The monoisotopic (exact) mass is 462 g/mol. The van der Waals surface area contributed by atoms with Crippen LogP contribution in [0.15, 0.2) is 72.8 Å². The number of carbonyl (C=O) groups excluding carboxylic acids is 2. The lowest BCUT2D eigenvalue weighted by molar-refractivity contribution is 0.0955. The molecule has 168 valence electrons. The Morgan fingerprint density at radius 3 is 2.48 bits per heavy atom. The van der Waals surface area contributed by atoms with Crippen LogP contribution in [0.4, 0.5) is 10.1 Å². The number of rotatable bonds is 8. The molecule has 0 saturated carbocycles. The minimum Gasteiger partial charge on any atom is -0.380 e. The molecule has 2 N–H and O–H groups in total. The van der Waals surface area contributed by atoms with Crippen molar-refractivity contribution in [2.24, 2.45) is 0 Å². The molecule has 0 bridgehead atoms. The Bertz CT molecular complexity index is 1290. The maximum Gasteiger partial charge on any atom is 0.266 e. The highest BCUT2D eigenvalue weighted by molar-refractivity contribution is 7.21. The van der Waals surface area contributed by atoms with E-state index in [-0.39, 0.29) is 12.5 Å². The van der Waals surface area contributed by atoms with Crippen LogP contribution in [0.2, 0.25) is 0 Å². The molecular weight excluding hydrogens is 439 g/mol. The number of methoxy groups -OCH3 is 1. The summed E-state index contributed by atoms with van der Waals surface area (Å²) in [6.07, 6.45) is 0.703. The Kier molecular flexibility index (Phi) is 7.12. The van der Waals surface area contributed by atoms with Crippen molar-refractivity contribution in [3.8, 4) is 0 Å². The zero-order valence-corrected chi connectivity index (χ0v) is 18.9. The Labute approximate surface area is 195 Å². The first-order valence-electron chi connectivity index (χ1n) is 10.5. The molecule has 5 nitrogen and oxygen atoms in total. The molecule has 0 unspecified atom stereocenters. The summed E-state index contributed by atoms with van der Waals surface area (Å²) < 4.78 is 20.3. The van der Waals surface area contributed by atoms with Gasteiger partial charge >= 0.3 is 0 Å². The predicted octanol–water partition coefficient (Wildman–Crippen LogP) is 5.41. The zero-order chi connectivity index (χ0) is 23.2. The average Bonchev–Trinajstić information content (AvgIpc) is 3.20. The molecule has 0 atom stereocenters. The second-order valence-corrected chi connectivity index (χ2v) is 8.50. The van der Waals surface area contributed by atoms with E-state index in [0.717, 1.165) is 5.56 Å². The number of para-hydroxylation sites is 1. The minimum absolute atomic E-state index is 0.102. The lowest BCUT2D eigenvalue weighted by Gasteiger charge is -2.12. The van der Waals surface area contributed by atoms with Crippen LogP contribution in [-0.4, -0.2) is 25.5 Å². The van der Waals surface area contributed by atoms with E-state index in [2.05, 4.69) is 10.6 Å². The summed E-state index contributed by atoms with van der Waals surface area (Å²) in [6.45, 7) is 0.573. The summed E-state index contributed by atoms with van der Waals surface area (Å²) in [5.74, 6) is -1.08. The van der Waals surface area contributed by atoms with Crippen LogP contribution >= 0.6 is 11.3 Å². The lowest BCUT2D eigenvalue weighted by atomic mass is 10.1. The van der Waals surface area contributed by atoms with Crippen molar-refractivity contribution < 1.29 is 18.7 Å². The van der Waals surface area contributed by atoms with E-state index in [0.29, 0.717) is 44.7 Å². The molecule has 1 aromatic heterocycles. The molecule has 0 aliphatic rings. The summed E-state index contributed by atoms with van der Waals surface area (Å²) in [4.78, 5) is 26.3. The van der Waals surface area contributed by atoms with Gasteiger partial charge in [0, 0.05) is 29.3 Å². The molecule has 3 aromatic carbocycles. The van der Waals surface area contributed by atoms with Crippen molar-refractivity contribution in [3.63, 3.8) is 0 Å². The van der Waals surface area contributed by atoms with Gasteiger partial charge in [-0.25, -0.2) is 4.39 Å². The Balaban J connectivity index is 1.53. The fourth-order valence-electron chi connectivity index (χ4n) is 3.66. The number of benzene rings is 3. The van der Waals surface area contributed by atoms with Gasteiger partial charge in [0.05, 0.1) is 22.7 Å². The van der Waals surface area contributed by atoms with E-state index in [4.69, 9.17) is 4.74 Å². The Morgan fingerprint density at radius 2 is 1.70 bits per heavy atom. The third kappa shape index (κ3) is 5.10. The van der Waals surface area contributed by atoms with Crippen molar-refractivity contribution in [2.75, 3.05) is 19.0 Å². The van der Waals surface area contributed by atoms with E-state index in [1.807, 2.05) is 30.3 Å². The number of thiophene rings is 1. The van der Waals surface area contributed by atoms with E-state index < -0.39 is 11.7 Å². The van der Waals surface area contributed by atoms with Crippen LogP contribution in [0.1, 0.15) is 31.2 Å². The van der Waals surface area contributed by atoms with Crippen LogP contribution < -0.4 is 10.6 Å². The number of anilines is 1. The molecule has 1 heterocycles. The van der Waals surface area contributed by atoms with Gasteiger partial charge in [-0.2, -0.15) is 0 Å². The number of hydrogen-bond acceptors (Lipinski definition) is 4. The van der Waals surface area contributed by atoms with Crippen LogP contribution in [0.25, 0.3) is 10.1 Å². The second kappa shape index (κ2) is 10.4. The van der Waals surface area contributed by atoms with Crippen molar-refractivity contribution in [3.05, 3.63) is 100 Å². The highest BCUT2D eigenvalue weighted by atomic mass is 32.1. The molecule has 4 aromatic rings. The number of hydrogen-bond donors (Lipinski definition) is 2. The number of fused-ring (bicyclic) bond motifs is 1. The van der Waals surface area contributed by atoms with Gasteiger partial charge < -0.3 is 15.4 Å². The minimum atomic E-state index is -0.410. The zero-order valence-electron chi connectivity index (χ0n) is 18.1. The van der Waals surface area contributed by atoms with Crippen molar-refractivity contribution in [1.82, 2.24) is 5.32 Å². The summed E-state index contributed by atoms with van der Waals surface area (Å²) >= 11 is 1.20. The van der Waals surface area contributed by atoms with Gasteiger partial charge in [-0.05, 0) is 36.2 Å². The fourth-order valence-corrected chi connectivity index (χ4v) is 4.78. The molecule has 0 aliphatic carbocycles. The van der Waals surface area contributed by atoms with Crippen LogP contribution in [0.5, 0.6) is 0 Å². The maximum atomic E-state index is 14.5. The van der Waals surface area contributed by atoms with Crippen LogP contribution in [-0.2, 0) is 17.8 Å². The standard InChI is InChI=1S/C26H23FN2O3S/c1-32-16-19-23-20(27)11-7-13-22(23)33-24(19)26(31)29-21-12-6-5-10-18(21)25(30)28-15-14-17-8-3-2-4-9-17/h2-13H,14-16H2,1H3,(H,28,30)(H,29,31). The van der Waals surface area contributed by atoms with Gasteiger partial charge in [0.1, 0.15) is 5.82 Å². The van der Waals surface area contributed by atoms with E-state index in [1.54, 1.807) is 36.4 Å². The number of amides is 2. The molecule has 0 saturated heterocycles. The van der Waals surface area contributed by atoms with Gasteiger partial charge in [-0.15, -0.1) is 11.3 Å². The molecule has 33 heavy (non-hydrogen) atoms. The molecule has 2 amide bonds. The molecule has 0 aliphatic heterocycles. The smallest absolute Gasteiger partial charge is 0.266 e. The highest BCUT2D eigenvalue weighted by Gasteiger charge is 2.22. The van der Waals surface area contributed by atoms with E-state index in [9.17, 15) is 14.0 Å². The molecule has 4 rings (SSSR count). The molecule has 0 spiro atoms. The summed E-state index contributed by atoms with van der Waals surface area (Å²) in [5.41, 5.74) is 2.38. The quantitative estimate of drug-likeness (QED) is 0.368. The first-order valence-corrected chi connectivity index (χ1v) is 11.3. The lowest BCUT2D eigenvalue weighted by Crippen LogP contribution is -2.27. The summed E-state index contributed by atoms with van der Waals surface area (Å²) in [5, 5.41) is 6.12. The first-order chi connectivity index (χ1) is 16.1. The third-order valence-electron chi connectivity index (χ3n) is 5.22. The predicted molar refractivity (Wildman–Crippen MR) is 129 cm³/mol. The average molecular weight is 463 g/mol. The van der Waals surface area contributed by atoms with E-state index >= 15 is 0 Å². The SMILES string of the molecule is COCc1c(C(=O)Nc2ccccc2C(=O)NCCc2ccccc2)sc2cccc(F)c12. The second-order valence-electron chi connectivity index (χ2n) is 7.45. The molecule has 0 fully saturated rings. The van der Waals surface area contributed by atoms with Gasteiger partial charge in [-0.3, -0.25) is 9.59 Å². The first kappa shape index (κ1) is 22.6. The summed E-state index contributed by atoms with van der Waals surface area (Å²) in [7, 11) is 1.50. The number of halogens is 1. The highest BCUT2D eigenvalue weighted by Crippen LogP contribution is 2.34. The molecule has 7 heteroatoms. The Hall–Kier alpha value is -3.55. The topological polar surface area (TPSA) is 67.4 Å². The number of carbonyl (C=O) groups is 2. The summed E-state index contributed by atoms with van der Waals surface area (Å²) in [6, 6.07) is 21.5. The maximum absolute atomic E-state index is 14.5. The van der Waals surface area contributed by atoms with Gasteiger partial charge in [0.15, 0.2) is 0 Å². The fraction of sp³-hybridized carbons (Fsp3) is 0.154. The van der Waals surface area contributed by atoms with Crippen molar-refractivity contribution in [1.29, 1.82) is 0 Å².